The third-order valence-corrected chi connectivity index (χ3v) is 5.42. The van der Waals surface area contributed by atoms with Gasteiger partial charge in [-0.3, -0.25) is 9.69 Å². The number of amides is 2. The van der Waals surface area contributed by atoms with Crippen LogP contribution in [0.1, 0.15) is 38.4 Å². The highest BCUT2D eigenvalue weighted by molar-refractivity contribution is 7.89. The molecule has 1 saturated heterocycles. The fourth-order valence-corrected chi connectivity index (χ4v) is 4.21. The Kier molecular flexibility index (Phi) is 5.32. The SMILES string of the molecule is CC(C)(C)OC(=O)N1CCc2nc(N3CC(CS(N)(=O)=O)CC3=O)ncc2C1. The lowest BCUT2D eigenvalue weighted by Crippen LogP contribution is -2.40. The summed E-state index contributed by atoms with van der Waals surface area (Å²) in [6, 6.07) is 0. The number of rotatable bonds is 3. The average molecular weight is 411 g/mol. The topological polar surface area (TPSA) is 136 Å². The molecule has 0 radical (unpaired) electrons. The van der Waals surface area contributed by atoms with Crippen LogP contribution in [0.15, 0.2) is 6.20 Å². The smallest absolute Gasteiger partial charge is 0.410 e. The summed E-state index contributed by atoms with van der Waals surface area (Å²) in [6.45, 7) is 6.46. The van der Waals surface area contributed by atoms with E-state index in [-0.39, 0.29) is 42.6 Å². The van der Waals surface area contributed by atoms with Gasteiger partial charge >= 0.3 is 6.09 Å². The largest absolute Gasteiger partial charge is 0.444 e. The van der Waals surface area contributed by atoms with E-state index < -0.39 is 15.6 Å². The molecule has 0 aromatic carbocycles. The molecule has 1 unspecified atom stereocenters. The Morgan fingerprint density at radius 2 is 2.11 bits per heavy atom. The minimum atomic E-state index is -3.65. The standard InChI is InChI=1S/C17H25N5O5S/c1-17(2,3)27-16(24)21-5-4-13-12(9-21)7-19-15(20-13)22-8-11(6-14(22)23)10-28(18,25)26/h7,11H,4-6,8-10H2,1-3H3,(H2,18,25,26). The summed E-state index contributed by atoms with van der Waals surface area (Å²) in [7, 11) is -3.65. The summed E-state index contributed by atoms with van der Waals surface area (Å²) in [6.07, 6.45) is 1.84. The van der Waals surface area contributed by atoms with Crippen molar-refractivity contribution < 1.29 is 22.7 Å². The summed E-state index contributed by atoms with van der Waals surface area (Å²) < 4.78 is 27.9. The number of nitrogens with zero attached hydrogens (tertiary/aromatic N) is 4. The van der Waals surface area contributed by atoms with Crippen LogP contribution in [0.3, 0.4) is 0 Å². The van der Waals surface area contributed by atoms with Crippen molar-refractivity contribution in [3.8, 4) is 0 Å². The van der Waals surface area contributed by atoms with E-state index in [2.05, 4.69) is 9.97 Å². The lowest BCUT2D eigenvalue weighted by molar-refractivity contribution is -0.117. The molecule has 1 atom stereocenters. The van der Waals surface area contributed by atoms with Crippen molar-refractivity contribution >= 4 is 28.0 Å². The first-order valence-corrected chi connectivity index (χ1v) is 10.8. The van der Waals surface area contributed by atoms with Gasteiger partial charge in [-0.25, -0.2) is 28.3 Å². The molecule has 1 aromatic heterocycles. The molecule has 3 heterocycles. The number of hydrogen-bond donors (Lipinski definition) is 1. The molecular formula is C17H25N5O5S. The second kappa shape index (κ2) is 7.28. The molecule has 1 fully saturated rings. The third kappa shape index (κ3) is 4.96. The number of aromatic nitrogens is 2. The molecule has 154 valence electrons. The Labute approximate surface area is 164 Å². The zero-order valence-electron chi connectivity index (χ0n) is 16.2. The van der Waals surface area contributed by atoms with Gasteiger partial charge in [-0.05, 0) is 20.8 Å². The van der Waals surface area contributed by atoms with Gasteiger partial charge < -0.3 is 9.64 Å². The van der Waals surface area contributed by atoms with E-state index in [1.807, 2.05) is 20.8 Å². The van der Waals surface area contributed by atoms with E-state index in [4.69, 9.17) is 9.88 Å². The Hall–Kier alpha value is -2.27. The quantitative estimate of drug-likeness (QED) is 0.761. The van der Waals surface area contributed by atoms with Gasteiger partial charge in [-0.1, -0.05) is 0 Å². The van der Waals surface area contributed by atoms with Gasteiger partial charge in [0.05, 0.1) is 18.0 Å². The zero-order chi connectivity index (χ0) is 20.7. The Bertz CT molecular complexity index is 896. The van der Waals surface area contributed by atoms with Crippen molar-refractivity contribution in [2.45, 2.75) is 45.8 Å². The number of carbonyl (C=O) groups excluding carboxylic acids is 2. The molecule has 11 heteroatoms. The van der Waals surface area contributed by atoms with Gasteiger partial charge in [0.25, 0.3) is 0 Å². The van der Waals surface area contributed by atoms with Crippen molar-refractivity contribution in [2.24, 2.45) is 11.1 Å². The van der Waals surface area contributed by atoms with Crippen molar-refractivity contribution in [1.29, 1.82) is 0 Å². The van der Waals surface area contributed by atoms with Crippen LogP contribution in [-0.4, -0.2) is 59.7 Å². The van der Waals surface area contributed by atoms with E-state index in [1.54, 1.807) is 11.1 Å². The molecule has 10 nitrogen and oxygen atoms in total. The molecular weight excluding hydrogens is 386 g/mol. The maximum Gasteiger partial charge on any atom is 0.410 e. The molecule has 0 spiro atoms. The highest BCUT2D eigenvalue weighted by Gasteiger charge is 2.35. The zero-order valence-corrected chi connectivity index (χ0v) is 17.0. The Morgan fingerprint density at radius 3 is 2.75 bits per heavy atom. The van der Waals surface area contributed by atoms with Crippen molar-refractivity contribution in [1.82, 2.24) is 14.9 Å². The minimum absolute atomic E-state index is 0.100. The number of nitrogens with two attached hydrogens (primary N) is 1. The predicted octanol–water partition coefficient (Wildman–Crippen LogP) is 0.411. The number of fused-ring (bicyclic) bond motifs is 1. The molecule has 2 aliphatic heterocycles. The van der Waals surface area contributed by atoms with Crippen LogP contribution >= 0.6 is 0 Å². The van der Waals surface area contributed by atoms with E-state index in [9.17, 15) is 18.0 Å². The van der Waals surface area contributed by atoms with Crippen LogP contribution in [0.25, 0.3) is 0 Å². The first kappa shape index (κ1) is 20.5. The summed E-state index contributed by atoms with van der Waals surface area (Å²) in [4.78, 5) is 36.2. The van der Waals surface area contributed by atoms with Crippen molar-refractivity contribution in [3.05, 3.63) is 17.5 Å². The van der Waals surface area contributed by atoms with Crippen molar-refractivity contribution in [3.63, 3.8) is 0 Å². The van der Waals surface area contributed by atoms with Crippen LogP contribution in [-0.2, 0) is 32.5 Å². The van der Waals surface area contributed by atoms with Crippen LogP contribution in [0, 0.1) is 5.92 Å². The van der Waals surface area contributed by atoms with Crippen molar-refractivity contribution in [2.75, 3.05) is 23.7 Å². The highest BCUT2D eigenvalue weighted by Crippen LogP contribution is 2.26. The van der Waals surface area contributed by atoms with Gasteiger partial charge in [-0.15, -0.1) is 0 Å². The maximum atomic E-state index is 12.3. The average Bonchev–Trinajstić information content (AvgIpc) is 2.90. The molecule has 0 bridgehead atoms. The lowest BCUT2D eigenvalue weighted by atomic mass is 10.1. The van der Waals surface area contributed by atoms with E-state index in [0.29, 0.717) is 19.5 Å². The van der Waals surface area contributed by atoms with Gasteiger partial charge in [0.15, 0.2) is 0 Å². The summed E-state index contributed by atoms with van der Waals surface area (Å²) in [5, 5.41) is 5.08. The first-order valence-electron chi connectivity index (χ1n) is 9.05. The van der Waals surface area contributed by atoms with Crippen LogP contribution in [0.4, 0.5) is 10.7 Å². The molecule has 2 N–H and O–H groups in total. The number of carbonyl (C=O) groups is 2. The molecule has 28 heavy (non-hydrogen) atoms. The maximum absolute atomic E-state index is 12.3. The van der Waals surface area contributed by atoms with Crippen LogP contribution in [0.5, 0.6) is 0 Å². The van der Waals surface area contributed by atoms with E-state index in [1.165, 1.54) is 4.90 Å². The number of ether oxygens (including phenoxy) is 1. The molecule has 2 amide bonds. The predicted molar refractivity (Wildman–Crippen MR) is 101 cm³/mol. The monoisotopic (exact) mass is 411 g/mol. The number of primary sulfonamides is 1. The molecule has 3 rings (SSSR count). The van der Waals surface area contributed by atoms with Gasteiger partial charge in [0.2, 0.25) is 21.9 Å². The fourth-order valence-electron chi connectivity index (χ4n) is 3.33. The van der Waals surface area contributed by atoms with Crippen LogP contribution < -0.4 is 10.0 Å². The summed E-state index contributed by atoms with van der Waals surface area (Å²) in [5.41, 5.74) is 1.00. The number of anilines is 1. The Morgan fingerprint density at radius 1 is 1.39 bits per heavy atom. The van der Waals surface area contributed by atoms with E-state index in [0.717, 1.165) is 11.3 Å². The summed E-state index contributed by atoms with van der Waals surface area (Å²) >= 11 is 0. The van der Waals surface area contributed by atoms with Gasteiger partial charge in [0.1, 0.15) is 5.60 Å². The third-order valence-electron chi connectivity index (χ3n) is 4.49. The number of sulfonamides is 1. The molecule has 2 aliphatic rings. The van der Waals surface area contributed by atoms with Gasteiger partial charge in [0, 0.05) is 43.6 Å². The van der Waals surface area contributed by atoms with Gasteiger partial charge in [-0.2, -0.15) is 0 Å². The normalized spacial score (nSPS) is 20.3. The lowest BCUT2D eigenvalue weighted by Gasteiger charge is -2.31. The molecule has 0 saturated carbocycles. The molecule has 0 aliphatic carbocycles. The van der Waals surface area contributed by atoms with Crippen LogP contribution in [0.2, 0.25) is 0 Å². The second-order valence-corrected chi connectivity index (χ2v) is 9.86. The second-order valence-electron chi connectivity index (χ2n) is 8.20. The Balaban J connectivity index is 1.70. The molecule has 1 aromatic rings. The summed E-state index contributed by atoms with van der Waals surface area (Å²) in [5.74, 6) is -0.582. The minimum Gasteiger partial charge on any atom is -0.444 e. The highest BCUT2D eigenvalue weighted by atomic mass is 32.2. The number of hydrogen-bond acceptors (Lipinski definition) is 7. The van der Waals surface area contributed by atoms with E-state index >= 15 is 0 Å². The first-order chi connectivity index (χ1) is 12.9. The fraction of sp³-hybridized carbons (Fsp3) is 0.647.